The predicted octanol–water partition coefficient (Wildman–Crippen LogP) is 0.710. The fraction of sp³-hybridized carbons (Fsp3) is 0.636. The second-order valence-electron chi connectivity index (χ2n) is 4.50. The molecule has 5 nitrogen and oxygen atoms in total. The van der Waals surface area contributed by atoms with Crippen molar-refractivity contribution in [3.8, 4) is 0 Å². The first-order valence-electron chi connectivity index (χ1n) is 5.62. The summed E-state index contributed by atoms with van der Waals surface area (Å²) in [6, 6.07) is 1.31. The van der Waals surface area contributed by atoms with E-state index in [0.29, 0.717) is 6.42 Å². The summed E-state index contributed by atoms with van der Waals surface area (Å²) < 4.78 is 28.4. The lowest BCUT2D eigenvalue weighted by Crippen LogP contribution is -2.39. The van der Waals surface area contributed by atoms with Crippen LogP contribution in [0.1, 0.15) is 20.3 Å². The number of hydrogen-bond donors (Lipinski definition) is 2. The van der Waals surface area contributed by atoms with E-state index >= 15 is 0 Å². The molecule has 0 aliphatic rings. The topological polar surface area (TPSA) is 71.3 Å². The summed E-state index contributed by atoms with van der Waals surface area (Å²) in [5.41, 5.74) is 0. The SMILES string of the molecule is CC(C)C(CCO)NS(=O)(=O)c1ccn(C)c1. The highest BCUT2D eigenvalue weighted by Gasteiger charge is 2.22. The van der Waals surface area contributed by atoms with Crippen molar-refractivity contribution in [2.75, 3.05) is 6.61 Å². The summed E-state index contributed by atoms with van der Waals surface area (Å²) in [5, 5.41) is 8.92. The van der Waals surface area contributed by atoms with Gasteiger partial charge in [-0.2, -0.15) is 0 Å². The molecule has 17 heavy (non-hydrogen) atoms. The van der Waals surface area contributed by atoms with Crippen LogP contribution < -0.4 is 4.72 Å². The minimum absolute atomic E-state index is 0.0276. The van der Waals surface area contributed by atoms with Crippen LogP contribution in [0.25, 0.3) is 0 Å². The number of aliphatic hydroxyl groups excluding tert-OH is 1. The number of sulfonamides is 1. The van der Waals surface area contributed by atoms with Gasteiger partial charge in [0.05, 0.1) is 4.90 Å². The fourth-order valence-corrected chi connectivity index (χ4v) is 3.04. The van der Waals surface area contributed by atoms with Gasteiger partial charge in [0.2, 0.25) is 10.0 Å². The van der Waals surface area contributed by atoms with E-state index in [1.807, 2.05) is 13.8 Å². The fourth-order valence-electron chi connectivity index (χ4n) is 1.57. The van der Waals surface area contributed by atoms with Crippen molar-refractivity contribution in [1.29, 1.82) is 0 Å². The van der Waals surface area contributed by atoms with Crippen molar-refractivity contribution >= 4 is 10.0 Å². The molecule has 0 radical (unpaired) electrons. The Kier molecular flexibility index (Phi) is 4.73. The maximum absolute atomic E-state index is 12.0. The zero-order chi connectivity index (χ0) is 13.1. The maximum atomic E-state index is 12.0. The van der Waals surface area contributed by atoms with Crippen LogP contribution in [0.5, 0.6) is 0 Å². The third-order valence-corrected chi connectivity index (χ3v) is 4.14. The van der Waals surface area contributed by atoms with Gasteiger partial charge in [-0.25, -0.2) is 13.1 Å². The Morgan fingerprint density at radius 3 is 2.53 bits per heavy atom. The summed E-state index contributed by atoms with van der Waals surface area (Å²) >= 11 is 0. The minimum Gasteiger partial charge on any atom is -0.396 e. The number of aromatic nitrogens is 1. The van der Waals surface area contributed by atoms with Gasteiger partial charge in [-0.05, 0) is 18.4 Å². The van der Waals surface area contributed by atoms with E-state index in [4.69, 9.17) is 5.11 Å². The average molecular weight is 260 g/mol. The van der Waals surface area contributed by atoms with E-state index in [2.05, 4.69) is 4.72 Å². The van der Waals surface area contributed by atoms with E-state index in [1.54, 1.807) is 30.1 Å². The van der Waals surface area contributed by atoms with E-state index in [9.17, 15) is 8.42 Å². The van der Waals surface area contributed by atoms with Crippen molar-refractivity contribution in [1.82, 2.24) is 9.29 Å². The number of hydrogen-bond acceptors (Lipinski definition) is 3. The van der Waals surface area contributed by atoms with Crippen LogP contribution >= 0.6 is 0 Å². The lowest BCUT2D eigenvalue weighted by Gasteiger charge is -2.20. The predicted molar refractivity (Wildman–Crippen MR) is 66.1 cm³/mol. The number of rotatable bonds is 6. The van der Waals surface area contributed by atoms with Crippen molar-refractivity contribution in [2.45, 2.75) is 31.2 Å². The van der Waals surface area contributed by atoms with E-state index in [1.165, 1.54) is 0 Å². The Labute approximate surface area is 103 Å². The highest BCUT2D eigenvalue weighted by Crippen LogP contribution is 2.13. The first kappa shape index (κ1) is 14.2. The van der Waals surface area contributed by atoms with Crippen LogP contribution in [0.2, 0.25) is 0 Å². The molecule has 6 heteroatoms. The molecule has 0 bridgehead atoms. The van der Waals surface area contributed by atoms with Gasteiger partial charge in [0.25, 0.3) is 0 Å². The molecule has 0 spiro atoms. The Hall–Kier alpha value is -0.850. The van der Waals surface area contributed by atoms with Crippen LogP contribution in [0.3, 0.4) is 0 Å². The smallest absolute Gasteiger partial charge is 0.242 e. The van der Waals surface area contributed by atoms with Gasteiger partial charge in [0, 0.05) is 32.1 Å². The number of aryl methyl sites for hydroxylation is 1. The normalized spacial score (nSPS) is 14.2. The lowest BCUT2D eigenvalue weighted by atomic mass is 10.0. The second kappa shape index (κ2) is 5.66. The summed E-state index contributed by atoms with van der Waals surface area (Å²) in [5.74, 6) is 0.139. The van der Waals surface area contributed by atoms with Gasteiger partial charge in [-0.3, -0.25) is 0 Å². The molecule has 2 N–H and O–H groups in total. The van der Waals surface area contributed by atoms with Crippen molar-refractivity contribution in [3.05, 3.63) is 18.5 Å². The Bertz CT molecular complexity index is 451. The Morgan fingerprint density at radius 2 is 2.12 bits per heavy atom. The molecule has 1 rings (SSSR count). The molecule has 1 aromatic rings. The molecule has 1 heterocycles. The lowest BCUT2D eigenvalue weighted by molar-refractivity contribution is 0.256. The highest BCUT2D eigenvalue weighted by atomic mass is 32.2. The van der Waals surface area contributed by atoms with Gasteiger partial charge in [-0.15, -0.1) is 0 Å². The molecule has 0 aromatic carbocycles. The standard InChI is InChI=1S/C11H20N2O3S/c1-9(2)11(5-7-14)12-17(15,16)10-4-6-13(3)8-10/h4,6,8-9,11-12,14H,5,7H2,1-3H3. The van der Waals surface area contributed by atoms with Crippen LogP contribution in [0.15, 0.2) is 23.4 Å². The van der Waals surface area contributed by atoms with Gasteiger partial charge in [0.1, 0.15) is 0 Å². The highest BCUT2D eigenvalue weighted by molar-refractivity contribution is 7.89. The van der Waals surface area contributed by atoms with Crippen LogP contribution in [-0.4, -0.2) is 30.7 Å². The van der Waals surface area contributed by atoms with Crippen LogP contribution in [0.4, 0.5) is 0 Å². The van der Waals surface area contributed by atoms with Crippen molar-refractivity contribution in [3.63, 3.8) is 0 Å². The molecule has 1 aromatic heterocycles. The summed E-state index contributed by atoms with van der Waals surface area (Å²) in [6.07, 6.45) is 3.66. The first-order valence-corrected chi connectivity index (χ1v) is 7.10. The molecule has 1 unspecified atom stereocenters. The van der Waals surface area contributed by atoms with Crippen LogP contribution in [-0.2, 0) is 17.1 Å². The number of nitrogens with zero attached hydrogens (tertiary/aromatic N) is 1. The Morgan fingerprint density at radius 1 is 1.47 bits per heavy atom. The van der Waals surface area contributed by atoms with E-state index in [-0.39, 0.29) is 23.5 Å². The van der Waals surface area contributed by atoms with Crippen molar-refractivity contribution in [2.24, 2.45) is 13.0 Å². The third kappa shape index (κ3) is 3.83. The largest absolute Gasteiger partial charge is 0.396 e. The average Bonchev–Trinajstić information content (AvgIpc) is 2.64. The Balaban J connectivity index is 2.84. The molecule has 0 saturated carbocycles. The first-order chi connectivity index (χ1) is 7.86. The monoisotopic (exact) mass is 260 g/mol. The number of nitrogens with one attached hydrogen (secondary N) is 1. The third-order valence-electron chi connectivity index (χ3n) is 2.67. The molecule has 0 aliphatic carbocycles. The molecule has 1 atom stereocenters. The molecular weight excluding hydrogens is 240 g/mol. The molecule has 98 valence electrons. The molecular formula is C11H20N2O3S. The summed E-state index contributed by atoms with van der Waals surface area (Å²) in [6.45, 7) is 3.82. The summed E-state index contributed by atoms with van der Waals surface area (Å²) in [7, 11) is -1.72. The molecule has 0 fully saturated rings. The molecule has 0 amide bonds. The molecule has 0 saturated heterocycles. The van der Waals surface area contributed by atoms with Gasteiger partial charge in [-0.1, -0.05) is 13.8 Å². The van der Waals surface area contributed by atoms with E-state index in [0.717, 1.165) is 0 Å². The van der Waals surface area contributed by atoms with Gasteiger partial charge >= 0.3 is 0 Å². The second-order valence-corrected chi connectivity index (χ2v) is 6.21. The number of aliphatic hydroxyl groups is 1. The minimum atomic E-state index is -3.49. The van der Waals surface area contributed by atoms with Crippen molar-refractivity contribution < 1.29 is 13.5 Å². The zero-order valence-electron chi connectivity index (χ0n) is 10.4. The molecule has 0 aliphatic heterocycles. The van der Waals surface area contributed by atoms with E-state index < -0.39 is 10.0 Å². The van der Waals surface area contributed by atoms with Gasteiger partial charge in [0.15, 0.2) is 0 Å². The van der Waals surface area contributed by atoms with Gasteiger partial charge < -0.3 is 9.67 Å². The summed E-state index contributed by atoms with van der Waals surface area (Å²) in [4.78, 5) is 0.253. The zero-order valence-corrected chi connectivity index (χ0v) is 11.2. The maximum Gasteiger partial charge on any atom is 0.242 e. The van der Waals surface area contributed by atoms with Crippen LogP contribution in [0, 0.1) is 5.92 Å². The quantitative estimate of drug-likeness (QED) is 0.791.